The van der Waals surface area contributed by atoms with Gasteiger partial charge in [0.2, 0.25) is 0 Å². The molecular formula is C13H10FN5. The number of benzene rings is 2. The van der Waals surface area contributed by atoms with Crippen LogP contribution in [0.4, 0.5) is 10.1 Å². The van der Waals surface area contributed by atoms with Crippen molar-refractivity contribution in [3.63, 3.8) is 0 Å². The van der Waals surface area contributed by atoms with Crippen LogP contribution in [0.1, 0.15) is 0 Å². The zero-order valence-corrected chi connectivity index (χ0v) is 9.86. The maximum Gasteiger partial charge on any atom is 0.189 e. The molecule has 0 bridgehead atoms. The second-order valence-electron chi connectivity index (χ2n) is 3.98. The van der Waals surface area contributed by atoms with Crippen molar-refractivity contribution in [1.82, 2.24) is 20.2 Å². The average molecular weight is 255 g/mol. The topological polar surface area (TPSA) is 69.6 Å². The van der Waals surface area contributed by atoms with Crippen molar-refractivity contribution >= 4 is 5.69 Å². The standard InChI is InChI=1S/C13H10FN5/c14-9-5-7-10(8-6-9)19-13(16-17-18-19)11-3-1-2-4-12(11)15/h1-8H,15H2. The molecule has 94 valence electrons. The number of para-hydroxylation sites is 1. The third-order valence-corrected chi connectivity index (χ3v) is 2.74. The van der Waals surface area contributed by atoms with E-state index < -0.39 is 0 Å². The van der Waals surface area contributed by atoms with E-state index in [9.17, 15) is 4.39 Å². The maximum absolute atomic E-state index is 12.9. The van der Waals surface area contributed by atoms with Gasteiger partial charge in [0, 0.05) is 11.3 Å². The normalized spacial score (nSPS) is 10.6. The molecule has 0 aliphatic rings. The first-order valence-corrected chi connectivity index (χ1v) is 5.65. The number of nitrogen functional groups attached to an aromatic ring is 1. The fourth-order valence-electron chi connectivity index (χ4n) is 1.81. The van der Waals surface area contributed by atoms with Crippen molar-refractivity contribution in [2.45, 2.75) is 0 Å². The molecular weight excluding hydrogens is 245 g/mol. The Morgan fingerprint density at radius 2 is 1.74 bits per heavy atom. The Hall–Kier alpha value is -2.76. The molecule has 0 aliphatic carbocycles. The fraction of sp³-hybridized carbons (Fsp3) is 0. The first-order chi connectivity index (χ1) is 9.25. The molecule has 0 unspecified atom stereocenters. The van der Waals surface area contributed by atoms with E-state index in [1.807, 2.05) is 18.2 Å². The van der Waals surface area contributed by atoms with Gasteiger partial charge in [-0.15, -0.1) is 5.10 Å². The second kappa shape index (κ2) is 4.49. The minimum Gasteiger partial charge on any atom is -0.398 e. The number of halogens is 1. The molecule has 0 atom stereocenters. The molecule has 5 nitrogen and oxygen atoms in total. The minimum atomic E-state index is -0.308. The molecule has 0 fully saturated rings. The van der Waals surface area contributed by atoms with Crippen LogP contribution in [0.15, 0.2) is 48.5 Å². The van der Waals surface area contributed by atoms with Gasteiger partial charge in [-0.05, 0) is 46.8 Å². The largest absolute Gasteiger partial charge is 0.398 e. The Balaban J connectivity index is 2.13. The van der Waals surface area contributed by atoms with Crippen molar-refractivity contribution in [3.8, 4) is 17.1 Å². The zero-order valence-electron chi connectivity index (χ0n) is 9.86. The lowest BCUT2D eigenvalue weighted by molar-refractivity contribution is 0.627. The fourth-order valence-corrected chi connectivity index (χ4v) is 1.81. The van der Waals surface area contributed by atoms with Crippen LogP contribution >= 0.6 is 0 Å². The summed E-state index contributed by atoms with van der Waals surface area (Å²) >= 11 is 0. The van der Waals surface area contributed by atoms with Gasteiger partial charge in [0.25, 0.3) is 0 Å². The molecule has 0 aliphatic heterocycles. The van der Waals surface area contributed by atoms with E-state index in [1.165, 1.54) is 16.8 Å². The van der Waals surface area contributed by atoms with Gasteiger partial charge in [-0.1, -0.05) is 12.1 Å². The number of nitrogens with two attached hydrogens (primary N) is 1. The molecule has 2 N–H and O–H groups in total. The van der Waals surface area contributed by atoms with E-state index >= 15 is 0 Å². The molecule has 6 heteroatoms. The molecule has 0 amide bonds. The van der Waals surface area contributed by atoms with Gasteiger partial charge in [0.1, 0.15) is 5.82 Å². The van der Waals surface area contributed by atoms with Gasteiger partial charge in [0.05, 0.1) is 5.69 Å². The lowest BCUT2D eigenvalue weighted by Crippen LogP contribution is -2.01. The van der Waals surface area contributed by atoms with Crippen LogP contribution in [0.5, 0.6) is 0 Å². The summed E-state index contributed by atoms with van der Waals surface area (Å²) in [5.74, 6) is 0.210. The van der Waals surface area contributed by atoms with Crippen LogP contribution in [-0.2, 0) is 0 Å². The molecule has 19 heavy (non-hydrogen) atoms. The van der Waals surface area contributed by atoms with Gasteiger partial charge in [-0.25, -0.2) is 4.39 Å². The average Bonchev–Trinajstić information content (AvgIpc) is 2.89. The van der Waals surface area contributed by atoms with Crippen LogP contribution in [0, 0.1) is 5.82 Å². The van der Waals surface area contributed by atoms with Gasteiger partial charge >= 0.3 is 0 Å². The van der Waals surface area contributed by atoms with Gasteiger partial charge in [-0.2, -0.15) is 4.68 Å². The van der Waals surface area contributed by atoms with Crippen molar-refractivity contribution < 1.29 is 4.39 Å². The summed E-state index contributed by atoms with van der Waals surface area (Å²) in [6, 6.07) is 13.2. The summed E-state index contributed by atoms with van der Waals surface area (Å²) in [5, 5.41) is 11.5. The first-order valence-electron chi connectivity index (χ1n) is 5.65. The highest BCUT2D eigenvalue weighted by atomic mass is 19.1. The van der Waals surface area contributed by atoms with Crippen molar-refractivity contribution in [3.05, 3.63) is 54.3 Å². The molecule has 1 aromatic heterocycles. The highest BCUT2D eigenvalue weighted by Gasteiger charge is 2.12. The Morgan fingerprint density at radius 1 is 1.00 bits per heavy atom. The smallest absolute Gasteiger partial charge is 0.189 e. The van der Waals surface area contributed by atoms with Crippen LogP contribution in [0.25, 0.3) is 17.1 Å². The summed E-state index contributed by atoms with van der Waals surface area (Å²) in [5.41, 5.74) is 7.90. The van der Waals surface area contributed by atoms with E-state index in [0.29, 0.717) is 17.2 Å². The third-order valence-electron chi connectivity index (χ3n) is 2.74. The molecule has 0 spiro atoms. The van der Waals surface area contributed by atoms with Crippen LogP contribution in [0.2, 0.25) is 0 Å². The Kier molecular flexibility index (Phi) is 2.68. The Labute approximate surface area is 108 Å². The number of hydrogen-bond donors (Lipinski definition) is 1. The van der Waals surface area contributed by atoms with E-state index in [1.54, 1.807) is 18.2 Å². The summed E-state index contributed by atoms with van der Waals surface area (Å²) in [4.78, 5) is 0. The molecule has 0 saturated carbocycles. The zero-order chi connectivity index (χ0) is 13.2. The lowest BCUT2D eigenvalue weighted by Gasteiger charge is -2.06. The highest BCUT2D eigenvalue weighted by Crippen LogP contribution is 2.24. The van der Waals surface area contributed by atoms with Gasteiger partial charge in [-0.3, -0.25) is 0 Å². The predicted octanol–water partition coefficient (Wildman–Crippen LogP) is 2.05. The predicted molar refractivity (Wildman–Crippen MR) is 69.0 cm³/mol. The number of rotatable bonds is 2. The Morgan fingerprint density at radius 3 is 2.47 bits per heavy atom. The van der Waals surface area contributed by atoms with Gasteiger partial charge in [0.15, 0.2) is 5.82 Å². The number of tetrazole rings is 1. The maximum atomic E-state index is 12.9. The van der Waals surface area contributed by atoms with Crippen molar-refractivity contribution in [2.24, 2.45) is 0 Å². The molecule has 0 saturated heterocycles. The molecule has 0 radical (unpaired) electrons. The third kappa shape index (κ3) is 2.03. The summed E-state index contributed by atoms with van der Waals surface area (Å²) in [6.45, 7) is 0. The summed E-state index contributed by atoms with van der Waals surface area (Å²) in [7, 11) is 0. The highest BCUT2D eigenvalue weighted by molar-refractivity contribution is 5.72. The first kappa shape index (κ1) is 11.3. The van der Waals surface area contributed by atoms with E-state index in [-0.39, 0.29) is 5.82 Å². The van der Waals surface area contributed by atoms with E-state index in [4.69, 9.17) is 5.73 Å². The number of aromatic nitrogens is 4. The van der Waals surface area contributed by atoms with Crippen LogP contribution in [-0.4, -0.2) is 20.2 Å². The minimum absolute atomic E-state index is 0.308. The van der Waals surface area contributed by atoms with Crippen molar-refractivity contribution in [2.75, 3.05) is 5.73 Å². The molecule has 1 heterocycles. The van der Waals surface area contributed by atoms with Gasteiger partial charge < -0.3 is 5.73 Å². The molecule has 3 rings (SSSR count). The monoisotopic (exact) mass is 255 g/mol. The lowest BCUT2D eigenvalue weighted by atomic mass is 10.1. The Bertz CT molecular complexity index is 705. The van der Waals surface area contributed by atoms with Crippen LogP contribution in [0.3, 0.4) is 0 Å². The number of anilines is 1. The molecule has 2 aromatic carbocycles. The number of nitrogens with zero attached hydrogens (tertiary/aromatic N) is 4. The SMILES string of the molecule is Nc1ccccc1-c1nnnn1-c1ccc(F)cc1. The number of hydrogen-bond acceptors (Lipinski definition) is 4. The van der Waals surface area contributed by atoms with Crippen molar-refractivity contribution in [1.29, 1.82) is 0 Å². The summed E-state index contributed by atoms with van der Waals surface area (Å²) in [6.07, 6.45) is 0. The van der Waals surface area contributed by atoms with Crippen LogP contribution < -0.4 is 5.73 Å². The van der Waals surface area contributed by atoms with E-state index in [0.717, 1.165) is 5.56 Å². The van der Waals surface area contributed by atoms with E-state index in [2.05, 4.69) is 15.5 Å². The molecule has 3 aromatic rings. The summed E-state index contributed by atoms with van der Waals surface area (Å²) < 4.78 is 14.5. The second-order valence-corrected chi connectivity index (χ2v) is 3.98. The quantitative estimate of drug-likeness (QED) is 0.711.